The maximum Gasteiger partial charge on any atom is 0.237 e. The first-order valence-electron chi connectivity index (χ1n) is 10.1. The minimum absolute atomic E-state index is 0.0549. The second kappa shape index (κ2) is 9.80. The summed E-state index contributed by atoms with van der Waals surface area (Å²) in [4.78, 5) is 14.8. The molecule has 0 saturated heterocycles. The third-order valence-electron chi connectivity index (χ3n) is 4.74. The van der Waals surface area contributed by atoms with Crippen LogP contribution in [-0.4, -0.2) is 40.0 Å². The molecule has 158 valence electrons. The highest BCUT2D eigenvalue weighted by Crippen LogP contribution is 2.28. The number of anilines is 2. The van der Waals surface area contributed by atoms with E-state index in [1.807, 2.05) is 62.3 Å². The second-order valence-electron chi connectivity index (χ2n) is 7.52. The fraction of sp³-hybridized carbons (Fsp3) is 0.348. The number of thioether (sulfide) groups is 1. The summed E-state index contributed by atoms with van der Waals surface area (Å²) in [6.07, 6.45) is 0.962. The Morgan fingerprint density at radius 1 is 1.17 bits per heavy atom. The summed E-state index contributed by atoms with van der Waals surface area (Å²) in [7, 11) is 3.98. The van der Waals surface area contributed by atoms with Gasteiger partial charge in [0, 0.05) is 37.6 Å². The quantitative estimate of drug-likeness (QED) is 0.525. The van der Waals surface area contributed by atoms with Crippen molar-refractivity contribution >= 4 is 29.0 Å². The van der Waals surface area contributed by atoms with Gasteiger partial charge in [0.2, 0.25) is 5.91 Å². The monoisotopic (exact) mass is 423 g/mol. The Kier molecular flexibility index (Phi) is 7.15. The van der Waals surface area contributed by atoms with Crippen molar-refractivity contribution < 1.29 is 4.79 Å². The van der Waals surface area contributed by atoms with E-state index in [9.17, 15) is 4.79 Å². The van der Waals surface area contributed by atoms with Gasteiger partial charge in [-0.3, -0.25) is 4.79 Å². The SMILES string of the molecule is CCCn1c(SC(C)C(=O)Nc2ccc(N(C)C)cc2)nnc1-c1cccc(C)c1. The summed E-state index contributed by atoms with van der Waals surface area (Å²) < 4.78 is 2.11. The number of carbonyl (C=O) groups is 1. The number of aromatic nitrogens is 3. The van der Waals surface area contributed by atoms with Crippen LogP contribution in [0.1, 0.15) is 25.8 Å². The summed E-state index contributed by atoms with van der Waals surface area (Å²) >= 11 is 1.43. The number of benzene rings is 2. The summed E-state index contributed by atoms with van der Waals surface area (Å²) in [5, 5.41) is 12.3. The molecule has 30 heavy (non-hydrogen) atoms. The largest absolute Gasteiger partial charge is 0.378 e. The fourth-order valence-corrected chi connectivity index (χ4v) is 3.97. The zero-order chi connectivity index (χ0) is 21.7. The molecule has 1 unspecified atom stereocenters. The predicted molar refractivity (Wildman–Crippen MR) is 125 cm³/mol. The lowest BCUT2D eigenvalue weighted by molar-refractivity contribution is -0.115. The Balaban J connectivity index is 1.74. The molecule has 0 spiro atoms. The van der Waals surface area contributed by atoms with Crippen LogP contribution in [0.5, 0.6) is 0 Å². The number of amides is 1. The molecular weight excluding hydrogens is 394 g/mol. The maximum absolute atomic E-state index is 12.7. The van der Waals surface area contributed by atoms with Crippen LogP contribution in [0.4, 0.5) is 11.4 Å². The zero-order valence-electron chi connectivity index (χ0n) is 18.2. The van der Waals surface area contributed by atoms with Crippen molar-refractivity contribution in [3.05, 3.63) is 54.1 Å². The van der Waals surface area contributed by atoms with Crippen molar-refractivity contribution in [3.63, 3.8) is 0 Å². The van der Waals surface area contributed by atoms with Crippen molar-refractivity contribution in [1.29, 1.82) is 0 Å². The maximum atomic E-state index is 12.7. The van der Waals surface area contributed by atoms with E-state index in [4.69, 9.17) is 0 Å². The molecule has 3 aromatic rings. The van der Waals surface area contributed by atoms with Gasteiger partial charge in [0.1, 0.15) is 0 Å². The highest BCUT2D eigenvalue weighted by molar-refractivity contribution is 8.00. The molecule has 0 fully saturated rings. The van der Waals surface area contributed by atoms with Gasteiger partial charge in [-0.05, 0) is 50.6 Å². The van der Waals surface area contributed by atoms with Crippen molar-refractivity contribution in [3.8, 4) is 11.4 Å². The number of hydrogen-bond donors (Lipinski definition) is 1. The van der Waals surface area contributed by atoms with Crippen molar-refractivity contribution in [2.75, 3.05) is 24.3 Å². The van der Waals surface area contributed by atoms with Crippen molar-refractivity contribution in [2.24, 2.45) is 0 Å². The Bertz CT molecular complexity index is 997. The minimum Gasteiger partial charge on any atom is -0.378 e. The topological polar surface area (TPSA) is 63.1 Å². The Labute approximate surface area is 182 Å². The molecule has 1 amide bonds. The lowest BCUT2D eigenvalue weighted by atomic mass is 10.1. The summed E-state index contributed by atoms with van der Waals surface area (Å²) in [6.45, 7) is 6.89. The molecule has 0 aliphatic carbocycles. The summed E-state index contributed by atoms with van der Waals surface area (Å²) in [5.41, 5.74) is 4.10. The van der Waals surface area contributed by atoms with E-state index >= 15 is 0 Å². The number of hydrogen-bond acceptors (Lipinski definition) is 5. The molecule has 1 aromatic heterocycles. The normalized spacial score (nSPS) is 11.9. The van der Waals surface area contributed by atoms with Crippen LogP contribution in [0.3, 0.4) is 0 Å². The molecule has 0 bridgehead atoms. The lowest BCUT2D eigenvalue weighted by Crippen LogP contribution is -2.23. The van der Waals surface area contributed by atoms with Gasteiger partial charge in [0.25, 0.3) is 0 Å². The number of nitrogens with one attached hydrogen (secondary N) is 1. The van der Waals surface area contributed by atoms with Gasteiger partial charge in [-0.15, -0.1) is 10.2 Å². The molecule has 7 heteroatoms. The van der Waals surface area contributed by atoms with Crippen LogP contribution in [0, 0.1) is 6.92 Å². The van der Waals surface area contributed by atoms with Crippen LogP contribution in [0.25, 0.3) is 11.4 Å². The third-order valence-corrected chi connectivity index (χ3v) is 5.82. The first kappa shape index (κ1) is 21.9. The average Bonchev–Trinajstić information content (AvgIpc) is 3.11. The lowest BCUT2D eigenvalue weighted by Gasteiger charge is -2.15. The van der Waals surface area contributed by atoms with Crippen LogP contribution in [-0.2, 0) is 11.3 Å². The van der Waals surface area contributed by atoms with E-state index in [1.165, 1.54) is 17.3 Å². The first-order chi connectivity index (χ1) is 14.4. The van der Waals surface area contributed by atoms with Gasteiger partial charge in [0.05, 0.1) is 5.25 Å². The van der Waals surface area contributed by atoms with Crippen LogP contribution < -0.4 is 10.2 Å². The highest BCUT2D eigenvalue weighted by atomic mass is 32.2. The van der Waals surface area contributed by atoms with Crippen LogP contribution in [0.2, 0.25) is 0 Å². The number of nitrogens with zero attached hydrogens (tertiary/aromatic N) is 4. The zero-order valence-corrected chi connectivity index (χ0v) is 19.0. The summed E-state index contributed by atoms with van der Waals surface area (Å²) in [5.74, 6) is 0.788. The van der Waals surface area contributed by atoms with E-state index in [1.54, 1.807) is 0 Å². The average molecular weight is 424 g/mol. The Hall–Kier alpha value is -2.80. The molecule has 0 aliphatic heterocycles. The van der Waals surface area contributed by atoms with Gasteiger partial charge in [-0.2, -0.15) is 0 Å². The summed E-state index contributed by atoms with van der Waals surface area (Å²) in [6, 6.07) is 16.1. The van der Waals surface area contributed by atoms with E-state index in [-0.39, 0.29) is 11.2 Å². The van der Waals surface area contributed by atoms with E-state index in [2.05, 4.69) is 46.1 Å². The second-order valence-corrected chi connectivity index (χ2v) is 8.83. The molecule has 6 nitrogen and oxygen atoms in total. The molecule has 0 radical (unpaired) electrons. The molecule has 1 atom stereocenters. The molecular formula is C23H29N5OS. The van der Waals surface area contributed by atoms with Gasteiger partial charge in [0.15, 0.2) is 11.0 Å². The molecule has 0 saturated carbocycles. The molecule has 2 aromatic carbocycles. The van der Waals surface area contributed by atoms with Gasteiger partial charge in [-0.25, -0.2) is 0 Å². The number of rotatable bonds is 8. The fourth-order valence-electron chi connectivity index (χ4n) is 3.10. The van der Waals surface area contributed by atoms with Crippen molar-refractivity contribution in [2.45, 2.75) is 44.1 Å². The minimum atomic E-state index is -0.302. The van der Waals surface area contributed by atoms with Crippen molar-refractivity contribution in [1.82, 2.24) is 14.8 Å². The molecule has 0 aliphatic rings. The molecule has 3 rings (SSSR count). The highest BCUT2D eigenvalue weighted by Gasteiger charge is 2.21. The molecule has 1 N–H and O–H groups in total. The molecule has 1 heterocycles. The van der Waals surface area contributed by atoms with E-state index in [0.29, 0.717) is 0 Å². The van der Waals surface area contributed by atoms with Crippen LogP contribution in [0.15, 0.2) is 53.7 Å². The number of aryl methyl sites for hydroxylation is 1. The predicted octanol–water partition coefficient (Wildman–Crippen LogP) is 4.85. The third kappa shape index (κ3) is 5.21. The van der Waals surface area contributed by atoms with Crippen LogP contribution >= 0.6 is 11.8 Å². The van der Waals surface area contributed by atoms with E-state index < -0.39 is 0 Å². The van der Waals surface area contributed by atoms with Gasteiger partial charge in [-0.1, -0.05) is 42.4 Å². The number of carbonyl (C=O) groups excluding carboxylic acids is 1. The standard InChI is InChI=1S/C23H29N5OS/c1-6-14-28-21(18-9-7-8-16(2)15-18)25-26-23(28)30-17(3)22(29)24-19-10-12-20(13-11-19)27(4)5/h7-13,15,17H,6,14H2,1-5H3,(H,24,29). The smallest absolute Gasteiger partial charge is 0.237 e. The van der Waals surface area contributed by atoms with Gasteiger partial charge >= 0.3 is 0 Å². The first-order valence-corrected chi connectivity index (χ1v) is 11.0. The Morgan fingerprint density at radius 3 is 2.53 bits per heavy atom. The Morgan fingerprint density at radius 2 is 1.90 bits per heavy atom. The van der Waals surface area contributed by atoms with E-state index in [0.717, 1.165) is 40.9 Å². The van der Waals surface area contributed by atoms with Gasteiger partial charge < -0.3 is 14.8 Å².